The van der Waals surface area contributed by atoms with Gasteiger partial charge in [-0.2, -0.15) is 0 Å². The standard InChI is InChI=1S/C16H21ClIN3/c1-2-20-9-3-4-13(20)11-21-15-6-5-12(18)10-14(15)19-16(21)7-8-17/h5-6,10,13H,2-4,7-9,11H2,1H3. The summed E-state index contributed by atoms with van der Waals surface area (Å²) < 4.78 is 3.63. The largest absolute Gasteiger partial charge is 0.326 e. The Bertz CT molecular complexity index is 625. The van der Waals surface area contributed by atoms with Crippen LogP contribution in [0, 0.1) is 3.57 Å². The van der Waals surface area contributed by atoms with Crippen molar-refractivity contribution >= 4 is 45.2 Å². The first-order chi connectivity index (χ1) is 10.2. The number of fused-ring (bicyclic) bond motifs is 1. The fraction of sp³-hybridized carbons (Fsp3) is 0.562. The third kappa shape index (κ3) is 3.22. The second-order valence-corrected chi connectivity index (χ2v) is 7.26. The fourth-order valence-corrected chi connectivity index (χ4v) is 4.00. The first-order valence-electron chi connectivity index (χ1n) is 7.67. The maximum absolute atomic E-state index is 5.97. The summed E-state index contributed by atoms with van der Waals surface area (Å²) in [5.74, 6) is 1.76. The summed E-state index contributed by atoms with van der Waals surface area (Å²) >= 11 is 8.32. The normalized spacial score (nSPS) is 19.7. The molecule has 0 bridgehead atoms. The lowest BCUT2D eigenvalue weighted by Crippen LogP contribution is -2.33. The van der Waals surface area contributed by atoms with E-state index in [0.29, 0.717) is 11.9 Å². The molecule has 1 saturated heterocycles. The average Bonchev–Trinajstić information content (AvgIpc) is 3.04. The molecule has 1 aliphatic rings. The zero-order chi connectivity index (χ0) is 14.8. The van der Waals surface area contributed by atoms with E-state index in [9.17, 15) is 0 Å². The van der Waals surface area contributed by atoms with Crippen LogP contribution < -0.4 is 0 Å². The van der Waals surface area contributed by atoms with Crippen LogP contribution in [0.2, 0.25) is 0 Å². The van der Waals surface area contributed by atoms with Crippen molar-refractivity contribution in [2.45, 2.75) is 38.8 Å². The number of nitrogens with zero attached hydrogens (tertiary/aromatic N) is 3. The van der Waals surface area contributed by atoms with Crippen LogP contribution in [-0.4, -0.2) is 39.5 Å². The topological polar surface area (TPSA) is 21.1 Å². The molecular weight excluding hydrogens is 397 g/mol. The van der Waals surface area contributed by atoms with Crippen molar-refractivity contribution in [1.29, 1.82) is 0 Å². The highest BCUT2D eigenvalue weighted by molar-refractivity contribution is 14.1. The van der Waals surface area contributed by atoms with E-state index in [-0.39, 0.29) is 0 Å². The van der Waals surface area contributed by atoms with E-state index in [0.717, 1.165) is 30.9 Å². The number of rotatable bonds is 5. The highest BCUT2D eigenvalue weighted by Gasteiger charge is 2.24. The molecule has 1 aliphatic heterocycles. The van der Waals surface area contributed by atoms with Crippen molar-refractivity contribution in [1.82, 2.24) is 14.5 Å². The van der Waals surface area contributed by atoms with Gasteiger partial charge in [-0.1, -0.05) is 6.92 Å². The summed E-state index contributed by atoms with van der Waals surface area (Å²) in [6, 6.07) is 7.17. The van der Waals surface area contributed by atoms with Gasteiger partial charge in [0.1, 0.15) is 5.82 Å². The van der Waals surface area contributed by atoms with Crippen LogP contribution in [0.4, 0.5) is 0 Å². The number of imidazole rings is 1. The monoisotopic (exact) mass is 417 g/mol. The molecule has 1 aromatic heterocycles. The third-order valence-electron chi connectivity index (χ3n) is 4.41. The van der Waals surface area contributed by atoms with E-state index >= 15 is 0 Å². The number of halogens is 2. The van der Waals surface area contributed by atoms with E-state index in [2.05, 4.69) is 57.2 Å². The second kappa shape index (κ2) is 6.84. The first-order valence-corrected chi connectivity index (χ1v) is 9.29. The van der Waals surface area contributed by atoms with Crippen LogP contribution in [0.15, 0.2) is 18.2 Å². The van der Waals surface area contributed by atoms with Crippen molar-refractivity contribution in [2.75, 3.05) is 19.0 Å². The first kappa shape index (κ1) is 15.6. The van der Waals surface area contributed by atoms with E-state index < -0.39 is 0 Å². The van der Waals surface area contributed by atoms with Gasteiger partial charge in [0.2, 0.25) is 0 Å². The SMILES string of the molecule is CCN1CCCC1Cn1c(CCCl)nc2cc(I)ccc21. The Morgan fingerprint density at radius 3 is 3.05 bits per heavy atom. The van der Waals surface area contributed by atoms with Gasteiger partial charge in [-0.3, -0.25) is 4.90 Å². The molecule has 1 aromatic carbocycles. The Morgan fingerprint density at radius 2 is 2.29 bits per heavy atom. The zero-order valence-corrected chi connectivity index (χ0v) is 15.3. The Morgan fingerprint density at radius 1 is 1.43 bits per heavy atom. The maximum Gasteiger partial charge on any atom is 0.111 e. The minimum Gasteiger partial charge on any atom is -0.326 e. The second-order valence-electron chi connectivity index (χ2n) is 5.64. The van der Waals surface area contributed by atoms with E-state index in [1.807, 2.05) is 0 Å². The Hall–Kier alpha value is -0.330. The van der Waals surface area contributed by atoms with Crippen LogP contribution >= 0.6 is 34.2 Å². The van der Waals surface area contributed by atoms with Gasteiger partial charge in [-0.25, -0.2) is 4.98 Å². The predicted molar refractivity (Wildman–Crippen MR) is 97.1 cm³/mol. The molecule has 114 valence electrons. The highest BCUT2D eigenvalue weighted by Crippen LogP contribution is 2.24. The summed E-state index contributed by atoms with van der Waals surface area (Å²) in [7, 11) is 0. The van der Waals surface area contributed by atoms with E-state index in [1.54, 1.807) is 0 Å². The van der Waals surface area contributed by atoms with Crippen molar-refractivity contribution < 1.29 is 0 Å². The minimum absolute atomic E-state index is 0.628. The number of alkyl halides is 1. The quantitative estimate of drug-likeness (QED) is 0.543. The van der Waals surface area contributed by atoms with Gasteiger partial charge in [0.05, 0.1) is 11.0 Å². The van der Waals surface area contributed by atoms with Crippen LogP contribution in [-0.2, 0) is 13.0 Å². The number of likely N-dealkylation sites (N-methyl/N-ethyl adjacent to an activating group) is 1. The summed E-state index contributed by atoms with van der Waals surface area (Å²) in [4.78, 5) is 7.40. The molecule has 21 heavy (non-hydrogen) atoms. The van der Waals surface area contributed by atoms with Gasteiger partial charge in [0.15, 0.2) is 0 Å². The van der Waals surface area contributed by atoms with Gasteiger partial charge < -0.3 is 4.57 Å². The molecular formula is C16H21ClIN3. The maximum atomic E-state index is 5.97. The molecule has 0 N–H and O–H groups in total. The van der Waals surface area contributed by atoms with Crippen LogP contribution in [0.25, 0.3) is 11.0 Å². The molecule has 1 atom stereocenters. The lowest BCUT2D eigenvalue weighted by molar-refractivity contribution is 0.244. The average molecular weight is 418 g/mol. The molecule has 0 amide bonds. The zero-order valence-electron chi connectivity index (χ0n) is 12.4. The van der Waals surface area contributed by atoms with Gasteiger partial charge in [-0.05, 0) is 66.7 Å². The molecule has 3 nitrogen and oxygen atoms in total. The number of aryl methyl sites for hydroxylation is 1. The van der Waals surface area contributed by atoms with Crippen molar-refractivity contribution in [3.63, 3.8) is 0 Å². The van der Waals surface area contributed by atoms with Crippen LogP contribution in [0.5, 0.6) is 0 Å². The lowest BCUT2D eigenvalue weighted by Gasteiger charge is -2.24. The van der Waals surface area contributed by atoms with Gasteiger partial charge in [0, 0.05) is 28.5 Å². The molecule has 2 heterocycles. The molecule has 0 spiro atoms. The number of likely N-dealkylation sites (tertiary alicyclic amines) is 1. The van der Waals surface area contributed by atoms with Crippen molar-refractivity contribution in [2.24, 2.45) is 0 Å². The van der Waals surface area contributed by atoms with Crippen molar-refractivity contribution in [3.8, 4) is 0 Å². The molecule has 1 fully saturated rings. The van der Waals surface area contributed by atoms with Crippen LogP contribution in [0.1, 0.15) is 25.6 Å². The van der Waals surface area contributed by atoms with E-state index in [1.165, 1.54) is 28.5 Å². The highest BCUT2D eigenvalue weighted by atomic mass is 127. The minimum atomic E-state index is 0.628. The summed E-state index contributed by atoms with van der Waals surface area (Å²) in [6.45, 7) is 5.67. The Balaban J connectivity index is 1.96. The number of benzene rings is 1. The number of hydrogen-bond donors (Lipinski definition) is 0. The van der Waals surface area contributed by atoms with Gasteiger partial charge in [-0.15, -0.1) is 11.6 Å². The smallest absolute Gasteiger partial charge is 0.111 e. The molecule has 3 rings (SSSR count). The molecule has 2 aromatic rings. The molecule has 0 radical (unpaired) electrons. The molecule has 1 unspecified atom stereocenters. The summed E-state index contributed by atoms with van der Waals surface area (Å²) in [6.07, 6.45) is 3.44. The summed E-state index contributed by atoms with van der Waals surface area (Å²) in [5.41, 5.74) is 2.35. The van der Waals surface area contributed by atoms with Crippen molar-refractivity contribution in [3.05, 3.63) is 27.6 Å². The Kier molecular flexibility index (Phi) is 5.07. The predicted octanol–water partition coefficient (Wildman–Crippen LogP) is 3.91. The lowest BCUT2D eigenvalue weighted by atomic mass is 10.2. The third-order valence-corrected chi connectivity index (χ3v) is 5.27. The molecule has 0 saturated carbocycles. The number of hydrogen-bond acceptors (Lipinski definition) is 2. The van der Waals surface area contributed by atoms with Gasteiger partial charge >= 0.3 is 0 Å². The number of aromatic nitrogens is 2. The van der Waals surface area contributed by atoms with Crippen LogP contribution in [0.3, 0.4) is 0 Å². The fourth-order valence-electron chi connectivity index (χ4n) is 3.36. The van der Waals surface area contributed by atoms with E-state index in [4.69, 9.17) is 16.6 Å². The summed E-state index contributed by atoms with van der Waals surface area (Å²) in [5, 5.41) is 0. The van der Waals surface area contributed by atoms with Gasteiger partial charge in [0.25, 0.3) is 0 Å². The molecule has 5 heteroatoms. The Labute approximate surface area is 144 Å². The molecule has 0 aliphatic carbocycles.